The molecule has 0 radical (unpaired) electrons. The Morgan fingerprint density at radius 3 is 2.11 bits per heavy atom. The number of hydrogen-bond acceptors (Lipinski definition) is 4. The van der Waals surface area contributed by atoms with Gasteiger partial charge in [-0.25, -0.2) is 0 Å². The van der Waals surface area contributed by atoms with Crippen LogP contribution in [-0.2, 0) is 4.79 Å². The zero-order valence-corrected chi connectivity index (χ0v) is 12.7. The van der Waals surface area contributed by atoms with Gasteiger partial charge in [0.05, 0.1) is 20.3 Å². The van der Waals surface area contributed by atoms with Crippen molar-refractivity contribution in [1.82, 2.24) is 0 Å². The number of hydrogen-bond donors (Lipinski definition) is 2. The molecule has 0 heterocycles. The highest BCUT2D eigenvalue weighted by Crippen LogP contribution is 2.37. The minimum atomic E-state index is -0.573. The van der Waals surface area contributed by atoms with Gasteiger partial charge in [0, 0.05) is 17.8 Å². The van der Waals surface area contributed by atoms with E-state index in [-0.39, 0.29) is 18.3 Å². The van der Waals surface area contributed by atoms with Crippen molar-refractivity contribution in [3.05, 3.63) is 16.6 Å². The van der Waals surface area contributed by atoms with Crippen molar-refractivity contribution in [2.24, 2.45) is 5.73 Å². The lowest BCUT2D eigenvalue weighted by molar-refractivity contribution is -0.117. The molecule has 5 nitrogen and oxygen atoms in total. The van der Waals surface area contributed by atoms with Gasteiger partial charge < -0.3 is 20.5 Å². The van der Waals surface area contributed by atoms with Gasteiger partial charge in [-0.3, -0.25) is 4.79 Å². The van der Waals surface area contributed by atoms with Crippen LogP contribution in [0.1, 0.15) is 6.92 Å². The van der Waals surface area contributed by atoms with Gasteiger partial charge in [0.15, 0.2) is 0 Å². The summed E-state index contributed by atoms with van der Waals surface area (Å²) in [4.78, 5) is 11.5. The molecule has 0 bridgehead atoms. The van der Waals surface area contributed by atoms with Crippen LogP contribution in [0.15, 0.2) is 16.6 Å². The monoisotopic (exact) mass is 338 g/mol. The van der Waals surface area contributed by atoms with E-state index in [9.17, 15) is 4.79 Å². The quantitative estimate of drug-likeness (QED) is 0.882. The van der Waals surface area contributed by atoms with E-state index in [1.165, 1.54) is 14.2 Å². The van der Waals surface area contributed by atoms with Gasteiger partial charge in [-0.1, -0.05) is 0 Å². The molecule has 0 fully saturated rings. The van der Waals surface area contributed by atoms with Crippen LogP contribution in [-0.4, -0.2) is 26.2 Å². The normalized spacial score (nSPS) is 11.2. The second kappa shape index (κ2) is 7.45. The molecule has 1 aromatic rings. The second-order valence-corrected chi connectivity index (χ2v) is 4.27. The molecule has 0 saturated heterocycles. The van der Waals surface area contributed by atoms with Gasteiger partial charge >= 0.3 is 0 Å². The van der Waals surface area contributed by atoms with E-state index in [2.05, 4.69) is 21.2 Å². The first kappa shape index (κ1) is 17.0. The van der Waals surface area contributed by atoms with Crippen molar-refractivity contribution in [1.29, 1.82) is 0 Å². The van der Waals surface area contributed by atoms with Crippen molar-refractivity contribution in [3.63, 3.8) is 0 Å². The standard InChI is InChI=1S/C11H15BrN2O3.ClH/c1-6(13)11(15)14-7-4-8(16-2)10(12)9(5-7)17-3;/h4-6H,13H2,1-3H3,(H,14,15);1H/t6-;/m1./s1. The van der Waals surface area contributed by atoms with Crippen molar-refractivity contribution in [2.45, 2.75) is 13.0 Å². The highest BCUT2D eigenvalue weighted by Gasteiger charge is 2.13. The molecular weight excluding hydrogens is 323 g/mol. The zero-order chi connectivity index (χ0) is 13.0. The number of carbonyl (C=O) groups excluding carboxylic acids is 1. The molecule has 1 atom stereocenters. The Hall–Kier alpha value is -0.980. The van der Waals surface area contributed by atoms with Gasteiger partial charge in [-0.05, 0) is 22.9 Å². The van der Waals surface area contributed by atoms with Crippen LogP contribution in [0, 0.1) is 0 Å². The first-order valence-corrected chi connectivity index (χ1v) is 5.76. The Morgan fingerprint density at radius 2 is 1.78 bits per heavy atom. The molecule has 18 heavy (non-hydrogen) atoms. The molecule has 1 aromatic carbocycles. The van der Waals surface area contributed by atoms with Crippen molar-refractivity contribution in [2.75, 3.05) is 19.5 Å². The lowest BCUT2D eigenvalue weighted by atomic mass is 10.2. The summed E-state index contributed by atoms with van der Waals surface area (Å²) in [6.07, 6.45) is 0. The Morgan fingerprint density at radius 1 is 1.33 bits per heavy atom. The SMILES string of the molecule is COc1cc(NC(=O)[C@@H](C)N)cc(OC)c1Br.Cl. The molecular formula is C11H16BrClN2O3. The fourth-order valence-corrected chi connectivity index (χ4v) is 1.75. The summed E-state index contributed by atoms with van der Waals surface area (Å²) in [6.45, 7) is 1.61. The van der Waals surface area contributed by atoms with Crippen LogP contribution < -0.4 is 20.5 Å². The number of ether oxygens (including phenoxy) is 2. The number of nitrogens with two attached hydrogens (primary N) is 1. The number of anilines is 1. The van der Waals surface area contributed by atoms with E-state index in [1.54, 1.807) is 19.1 Å². The average molecular weight is 340 g/mol. The fourth-order valence-electron chi connectivity index (χ4n) is 1.20. The molecule has 0 aliphatic carbocycles. The average Bonchev–Trinajstić information content (AvgIpc) is 2.30. The summed E-state index contributed by atoms with van der Waals surface area (Å²) in [6, 6.07) is 2.80. The minimum absolute atomic E-state index is 0. The molecule has 0 aliphatic heterocycles. The third-order valence-corrected chi connectivity index (χ3v) is 2.91. The lowest BCUT2D eigenvalue weighted by Crippen LogP contribution is -2.32. The van der Waals surface area contributed by atoms with E-state index in [4.69, 9.17) is 15.2 Å². The zero-order valence-electron chi connectivity index (χ0n) is 10.3. The Labute approximate surface area is 121 Å². The predicted molar refractivity (Wildman–Crippen MR) is 76.8 cm³/mol. The third-order valence-electron chi connectivity index (χ3n) is 2.13. The van der Waals surface area contributed by atoms with E-state index in [0.29, 0.717) is 21.7 Å². The minimum Gasteiger partial charge on any atom is -0.495 e. The number of rotatable bonds is 4. The first-order chi connectivity index (χ1) is 7.99. The van der Waals surface area contributed by atoms with Crippen molar-refractivity contribution >= 4 is 39.9 Å². The topological polar surface area (TPSA) is 73.6 Å². The first-order valence-electron chi connectivity index (χ1n) is 4.97. The smallest absolute Gasteiger partial charge is 0.241 e. The summed E-state index contributed by atoms with van der Waals surface area (Å²) in [5, 5.41) is 2.67. The molecule has 7 heteroatoms. The molecule has 0 spiro atoms. The predicted octanol–water partition coefficient (Wildman–Crippen LogP) is 2.17. The molecule has 1 amide bonds. The van der Waals surface area contributed by atoms with Gasteiger partial charge in [-0.15, -0.1) is 12.4 Å². The van der Waals surface area contributed by atoms with Gasteiger partial charge in [-0.2, -0.15) is 0 Å². The summed E-state index contributed by atoms with van der Waals surface area (Å²) in [5.41, 5.74) is 6.04. The van der Waals surface area contributed by atoms with E-state index < -0.39 is 6.04 Å². The Bertz CT molecular complexity index is 402. The van der Waals surface area contributed by atoms with Crippen LogP contribution in [0.5, 0.6) is 11.5 Å². The van der Waals surface area contributed by atoms with Crippen LogP contribution in [0.25, 0.3) is 0 Å². The van der Waals surface area contributed by atoms with E-state index in [1.807, 2.05) is 0 Å². The van der Waals surface area contributed by atoms with Crippen LogP contribution in [0.3, 0.4) is 0 Å². The van der Waals surface area contributed by atoms with Crippen molar-refractivity contribution in [3.8, 4) is 11.5 Å². The molecule has 0 unspecified atom stereocenters. The lowest BCUT2D eigenvalue weighted by Gasteiger charge is -2.13. The molecule has 102 valence electrons. The number of amides is 1. The summed E-state index contributed by atoms with van der Waals surface area (Å²) < 4.78 is 11.0. The van der Waals surface area contributed by atoms with Crippen molar-refractivity contribution < 1.29 is 14.3 Å². The summed E-state index contributed by atoms with van der Waals surface area (Å²) >= 11 is 3.34. The summed E-state index contributed by atoms with van der Waals surface area (Å²) in [5.74, 6) is 0.880. The van der Waals surface area contributed by atoms with Gasteiger partial charge in [0.2, 0.25) is 5.91 Å². The number of halogens is 2. The Kier molecular flexibility index (Phi) is 7.05. The number of carbonyl (C=O) groups is 1. The molecule has 0 saturated carbocycles. The largest absolute Gasteiger partial charge is 0.495 e. The Balaban J connectivity index is 0.00000289. The number of benzene rings is 1. The van der Waals surface area contributed by atoms with Crippen LogP contribution in [0.2, 0.25) is 0 Å². The van der Waals surface area contributed by atoms with Gasteiger partial charge in [0.1, 0.15) is 16.0 Å². The van der Waals surface area contributed by atoms with E-state index >= 15 is 0 Å². The third kappa shape index (κ3) is 4.04. The van der Waals surface area contributed by atoms with Gasteiger partial charge in [0.25, 0.3) is 0 Å². The molecule has 3 N–H and O–H groups in total. The highest BCUT2D eigenvalue weighted by atomic mass is 79.9. The molecule has 0 aliphatic rings. The summed E-state index contributed by atoms with van der Waals surface area (Å²) in [7, 11) is 3.08. The number of methoxy groups -OCH3 is 2. The maximum Gasteiger partial charge on any atom is 0.241 e. The second-order valence-electron chi connectivity index (χ2n) is 3.47. The molecule has 1 rings (SSSR count). The molecule has 0 aromatic heterocycles. The highest BCUT2D eigenvalue weighted by molar-refractivity contribution is 9.10. The fraction of sp³-hybridized carbons (Fsp3) is 0.364. The maximum absolute atomic E-state index is 11.5. The number of nitrogens with one attached hydrogen (secondary N) is 1. The van der Waals surface area contributed by atoms with Crippen LogP contribution in [0.4, 0.5) is 5.69 Å². The maximum atomic E-state index is 11.5. The van der Waals surface area contributed by atoms with E-state index in [0.717, 1.165) is 0 Å². The van der Waals surface area contributed by atoms with Crippen LogP contribution >= 0.6 is 28.3 Å².